The first-order valence-electron chi connectivity index (χ1n) is 15.5. The number of amides is 2. The Morgan fingerprint density at radius 1 is 0.814 bits per heavy atom. The fraction of sp³-hybridized carbons (Fsp3) is 0.289. The standard InChI is InChI=1S/C38H36N2O3/c1-2-3-23-32-33(26-17-9-5-10-18-26)34(35(41)27-19-11-6-12-20-27)38(30-21-13-14-22-31(30)39-37(38)43)40(32)36(42)29-24-28(29)25-15-7-4-8-16-25/h4-22,28-29,32-34H,2-3,23-24H2,1H3,(H,39,43). The number of hydrogen-bond donors (Lipinski definition) is 1. The molecule has 5 nitrogen and oxygen atoms in total. The van der Waals surface area contributed by atoms with Gasteiger partial charge in [0, 0.05) is 34.7 Å². The van der Waals surface area contributed by atoms with E-state index in [1.54, 1.807) is 0 Å². The molecule has 7 rings (SSSR count). The predicted octanol–water partition coefficient (Wildman–Crippen LogP) is 7.32. The van der Waals surface area contributed by atoms with Crippen LogP contribution in [0.4, 0.5) is 5.69 Å². The maximum Gasteiger partial charge on any atom is 0.255 e. The number of anilines is 1. The number of Topliss-reactive ketones (excluding diaryl/α,β-unsaturated/α-hetero) is 1. The van der Waals surface area contributed by atoms with Gasteiger partial charge in [0.15, 0.2) is 11.3 Å². The van der Waals surface area contributed by atoms with Crippen molar-refractivity contribution in [3.63, 3.8) is 0 Å². The van der Waals surface area contributed by atoms with Crippen molar-refractivity contribution in [1.82, 2.24) is 4.90 Å². The number of fused-ring (bicyclic) bond motifs is 2. The minimum Gasteiger partial charge on any atom is -0.323 e. The average molecular weight is 569 g/mol. The molecule has 0 bridgehead atoms. The van der Waals surface area contributed by atoms with Crippen molar-refractivity contribution in [2.45, 2.75) is 56.0 Å². The van der Waals surface area contributed by atoms with Gasteiger partial charge in [0.25, 0.3) is 5.91 Å². The van der Waals surface area contributed by atoms with Crippen LogP contribution >= 0.6 is 0 Å². The molecule has 3 aliphatic rings. The van der Waals surface area contributed by atoms with Gasteiger partial charge in [-0.25, -0.2) is 0 Å². The third-order valence-corrected chi connectivity index (χ3v) is 9.82. The number of likely N-dealkylation sites (tertiary alicyclic amines) is 1. The monoisotopic (exact) mass is 568 g/mol. The Labute approximate surface area is 252 Å². The van der Waals surface area contributed by atoms with Crippen LogP contribution in [-0.2, 0) is 15.1 Å². The molecule has 2 fully saturated rings. The summed E-state index contributed by atoms with van der Waals surface area (Å²) < 4.78 is 0. The third kappa shape index (κ3) is 4.32. The van der Waals surface area contributed by atoms with Gasteiger partial charge < -0.3 is 10.2 Å². The Balaban J connectivity index is 1.46. The maximum absolute atomic E-state index is 15.0. The van der Waals surface area contributed by atoms with Crippen LogP contribution in [0.1, 0.15) is 71.5 Å². The lowest BCUT2D eigenvalue weighted by Crippen LogP contribution is -2.56. The van der Waals surface area contributed by atoms with Gasteiger partial charge >= 0.3 is 0 Å². The van der Waals surface area contributed by atoms with Crippen LogP contribution < -0.4 is 5.32 Å². The van der Waals surface area contributed by atoms with E-state index in [9.17, 15) is 14.4 Å². The molecular weight excluding hydrogens is 532 g/mol. The molecule has 1 N–H and O–H groups in total. The zero-order chi connectivity index (χ0) is 29.6. The summed E-state index contributed by atoms with van der Waals surface area (Å²) in [5.41, 5.74) is 2.63. The van der Waals surface area contributed by atoms with Crippen molar-refractivity contribution in [2.75, 3.05) is 5.32 Å². The summed E-state index contributed by atoms with van der Waals surface area (Å²) in [5.74, 6) is -1.67. The minimum atomic E-state index is -1.46. The number of nitrogens with zero attached hydrogens (tertiary/aromatic N) is 1. The van der Waals surface area contributed by atoms with Crippen LogP contribution in [0.2, 0.25) is 0 Å². The quantitative estimate of drug-likeness (QED) is 0.227. The molecule has 1 saturated heterocycles. The Morgan fingerprint density at radius 3 is 2.09 bits per heavy atom. The first kappa shape index (κ1) is 27.3. The average Bonchev–Trinajstić information content (AvgIpc) is 3.74. The second-order valence-electron chi connectivity index (χ2n) is 12.2. The molecule has 5 heteroatoms. The zero-order valence-electron chi connectivity index (χ0n) is 24.4. The molecule has 1 spiro atoms. The lowest BCUT2D eigenvalue weighted by Gasteiger charge is -2.39. The second kappa shape index (κ2) is 11.0. The summed E-state index contributed by atoms with van der Waals surface area (Å²) in [7, 11) is 0. The molecule has 216 valence electrons. The number of para-hydroxylation sites is 1. The van der Waals surface area contributed by atoms with E-state index in [4.69, 9.17) is 0 Å². The van der Waals surface area contributed by atoms with Gasteiger partial charge in [-0.2, -0.15) is 0 Å². The van der Waals surface area contributed by atoms with Crippen LogP contribution in [0, 0.1) is 11.8 Å². The molecule has 2 heterocycles. The van der Waals surface area contributed by atoms with Crippen LogP contribution in [0.5, 0.6) is 0 Å². The number of hydrogen-bond acceptors (Lipinski definition) is 3. The summed E-state index contributed by atoms with van der Waals surface area (Å²) >= 11 is 0. The van der Waals surface area contributed by atoms with Gasteiger partial charge in [0.2, 0.25) is 5.91 Å². The highest BCUT2D eigenvalue weighted by Crippen LogP contribution is 2.62. The van der Waals surface area contributed by atoms with Gasteiger partial charge in [0.05, 0.1) is 5.92 Å². The van der Waals surface area contributed by atoms with Crippen molar-refractivity contribution in [3.05, 3.63) is 138 Å². The van der Waals surface area contributed by atoms with Crippen LogP contribution in [-0.4, -0.2) is 28.5 Å². The summed E-state index contributed by atoms with van der Waals surface area (Å²) in [6, 6.07) is 36.8. The van der Waals surface area contributed by atoms with E-state index in [0.717, 1.165) is 36.0 Å². The molecule has 1 aliphatic carbocycles. The molecule has 2 aliphatic heterocycles. The van der Waals surface area contributed by atoms with Crippen molar-refractivity contribution >= 4 is 23.3 Å². The topological polar surface area (TPSA) is 66.5 Å². The SMILES string of the molecule is CCCCC1C(c2ccccc2)C(C(=O)c2ccccc2)C2(C(=O)Nc3ccccc32)N1C(=O)C1CC1c1ccccc1. The Morgan fingerprint density at radius 2 is 1.42 bits per heavy atom. The van der Waals surface area contributed by atoms with Crippen molar-refractivity contribution in [3.8, 4) is 0 Å². The third-order valence-electron chi connectivity index (χ3n) is 9.82. The highest BCUT2D eigenvalue weighted by Gasteiger charge is 2.71. The van der Waals surface area contributed by atoms with E-state index in [1.165, 1.54) is 0 Å². The summed E-state index contributed by atoms with van der Waals surface area (Å²) in [6.07, 6.45) is 3.28. The van der Waals surface area contributed by atoms with Gasteiger partial charge in [-0.1, -0.05) is 129 Å². The van der Waals surface area contributed by atoms with Gasteiger partial charge in [-0.15, -0.1) is 0 Å². The van der Waals surface area contributed by atoms with Crippen LogP contribution in [0.3, 0.4) is 0 Å². The molecule has 1 saturated carbocycles. The maximum atomic E-state index is 15.0. The van der Waals surface area contributed by atoms with Gasteiger partial charge in [0.1, 0.15) is 0 Å². The number of ketones is 1. The molecule has 6 atom stereocenters. The second-order valence-corrected chi connectivity index (χ2v) is 12.2. The molecule has 43 heavy (non-hydrogen) atoms. The number of carbonyl (C=O) groups is 3. The van der Waals surface area contributed by atoms with Gasteiger partial charge in [-0.3, -0.25) is 14.4 Å². The van der Waals surface area contributed by atoms with E-state index in [0.29, 0.717) is 17.7 Å². The largest absolute Gasteiger partial charge is 0.323 e. The minimum absolute atomic E-state index is 0.0221. The zero-order valence-corrected chi connectivity index (χ0v) is 24.4. The van der Waals surface area contributed by atoms with E-state index >= 15 is 0 Å². The Hall–Kier alpha value is -4.51. The Bertz CT molecular complexity index is 1650. The number of rotatable bonds is 8. The molecule has 2 amide bonds. The van der Waals surface area contributed by atoms with E-state index in [2.05, 4.69) is 36.5 Å². The first-order valence-corrected chi connectivity index (χ1v) is 15.5. The highest BCUT2D eigenvalue weighted by molar-refractivity contribution is 6.14. The van der Waals surface area contributed by atoms with E-state index in [-0.39, 0.29) is 41.4 Å². The number of benzene rings is 4. The molecular formula is C38H36N2O3. The fourth-order valence-electron chi connectivity index (χ4n) is 7.87. The summed E-state index contributed by atoms with van der Waals surface area (Å²) in [5, 5.41) is 3.12. The van der Waals surface area contributed by atoms with Crippen molar-refractivity contribution < 1.29 is 14.4 Å². The smallest absolute Gasteiger partial charge is 0.255 e. The number of unbranched alkanes of at least 4 members (excludes halogenated alkanes) is 1. The molecule has 6 unspecified atom stereocenters. The summed E-state index contributed by atoms with van der Waals surface area (Å²) in [4.78, 5) is 46.4. The fourth-order valence-corrected chi connectivity index (χ4v) is 7.87. The first-order chi connectivity index (χ1) is 21.1. The number of carbonyl (C=O) groups excluding carboxylic acids is 3. The molecule has 0 aromatic heterocycles. The molecule has 0 radical (unpaired) electrons. The molecule has 4 aromatic carbocycles. The summed E-state index contributed by atoms with van der Waals surface area (Å²) in [6.45, 7) is 2.14. The van der Waals surface area contributed by atoms with E-state index in [1.807, 2.05) is 95.9 Å². The highest BCUT2D eigenvalue weighted by atomic mass is 16.2. The van der Waals surface area contributed by atoms with Crippen molar-refractivity contribution in [1.29, 1.82) is 0 Å². The lowest BCUT2D eigenvalue weighted by molar-refractivity contribution is -0.147. The molecule has 4 aromatic rings. The van der Waals surface area contributed by atoms with E-state index < -0.39 is 11.5 Å². The van der Waals surface area contributed by atoms with Gasteiger partial charge in [-0.05, 0) is 36.0 Å². The van der Waals surface area contributed by atoms with Crippen LogP contribution in [0.15, 0.2) is 115 Å². The number of nitrogens with one attached hydrogen (secondary N) is 1. The normalized spacial score (nSPS) is 27.1. The lowest BCUT2D eigenvalue weighted by atomic mass is 9.69. The Kier molecular flexibility index (Phi) is 6.97. The van der Waals surface area contributed by atoms with Crippen LogP contribution in [0.25, 0.3) is 0 Å². The van der Waals surface area contributed by atoms with Crippen molar-refractivity contribution in [2.24, 2.45) is 11.8 Å². The predicted molar refractivity (Wildman–Crippen MR) is 168 cm³/mol.